The van der Waals surface area contributed by atoms with E-state index in [1.807, 2.05) is 31.2 Å². The predicted octanol–water partition coefficient (Wildman–Crippen LogP) is 4.20. The van der Waals surface area contributed by atoms with Crippen LogP contribution in [-0.2, 0) is 42.7 Å². The van der Waals surface area contributed by atoms with Gasteiger partial charge in [-0.3, -0.25) is 9.90 Å². The number of ether oxygens (including phenoxy) is 8. The van der Waals surface area contributed by atoms with E-state index in [0.29, 0.717) is 130 Å². The Morgan fingerprint density at radius 3 is 1.64 bits per heavy atom. The van der Waals surface area contributed by atoms with Crippen molar-refractivity contribution in [1.82, 2.24) is 4.98 Å². The van der Waals surface area contributed by atoms with Gasteiger partial charge in [-0.15, -0.1) is 10.2 Å². The molecule has 0 unspecified atom stereocenters. The van der Waals surface area contributed by atoms with Gasteiger partial charge in [0.25, 0.3) is 0 Å². The topological polar surface area (TPSA) is 144 Å². The Balaban J connectivity index is 1.66. The van der Waals surface area contributed by atoms with Gasteiger partial charge in [0.15, 0.2) is 0 Å². The molecule has 16 heteroatoms. The van der Waals surface area contributed by atoms with Crippen molar-refractivity contribution >= 4 is 43.8 Å². The summed E-state index contributed by atoms with van der Waals surface area (Å²) in [5.41, 5.74) is 1.54. The minimum Gasteiger partial charge on any atom is -0.394 e. The van der Waals surface area contributed by atoms with E-state index in [2.05, 4.69) is 31.1 Å². The highest BCUT2D eigenvalue weighted by atomic mass is 79.9. The number of hydroxylamine groups is 1. The van der Waals surface area contributed by atoms with E-state index in [9.17, 15) is 0 Å². The maximum Gasteiger partial charge on any atom is 0.230 e. The fourth-order valence-electron chi connectivity index (χ4n) is 3.33. The Morgan fingerprint density at radius 2 is 1.16 bits per heavy atom. The fourth-order valence-corrected chi connectivity index (χ4v) is 4.33. The number of hydrogen-bond donors (Lipinski definition) is 1. The number of aliphatic hydroxyl groups is 1. The van der Waals surface area contributed by atoms with Gasteiger partial charge in [0.1, 0.15) is 0 Å². The van der Waals surface area contributed by atoms with E-state index in [1.165, 1.54) is 11.3 Å². The van der Waals surface area contributed by atoms with Crippen molar-refractivity contribution < 1.29 is 47.8 Å². The molecule has 1 heterocycles. The van der Waals surface area contributed by atoms with Crippen LogP contribution in [0.2, 0.25) is 0 Å². The van der Waals surface area contributed by atoms with E-state index in [0.717, 1.165) is 9.47 Å². The minimum atomic E-state index is 0.0109. The standard InChI is InChI=1S/C29H47BrN4O10S/c1-2-36-11-12-39-17-18-42-21-22-43-23-24-44-34(7-9-37-13-15-40-19-20-41-16-14-38-10-8-35)27-5-3-26(4-6-27)32-33-29-31-25-28(30)45-29/h3-6,25,35H,2,7-24H2,1H3. The summed E-state index contributed by atoms with van der Waals surface area (Å²) in [6, 6.07) is 7.55. The van der Waals surface area contributed by atoms with E-state index in [4.69, 9.17) is 47.8 Å². The molecule has 0 fully saturated rings. The monoisotopic (exact) mass is 722 g/mol. The first-order valence-electron chi connectivity index (χ1n) is 15.0. The van der Waals surface area contributed by atoms with Gasteiger partial charge in [-0.2, -0.15) is 0 Å². The van der Waals surface area contributed by atoms with Crippen LogP contribution >= 0.6 is 27.3 Å². The number of thiazole rings is 1. The number of benzene rings is 1. The van der Waals surface area contributed by atoms with Crippen LogP contribution in [0.3, 0.4) is 0 Å². The number of aromatic nitrogens is 1. The predicted molar refractivity (Wildman–Crippen MR) is 173 cm³/mol. The second-order valence-electron chi connectivity index (χ2n) is 8.81. The molecule has 0 saturated carbocycles. The average molecular weight is 724 g/mol. The molecular formula is C29H47BrN4O10S. The highest BCUT2D eigenvalue weighted by molar-refractivity contribution is 9.11. The number of nitrogens with zero attached hydrogens (tertiary/aromatic N) is 4. The fraction of sp³-hybridized carbons (Fsp3) is 0.690. The normalized spacial score (nSPS) is 11.6. The molecule has 0 aliphatic rings. The first-order chi connectivity index (χ1) is 22.2. The summed E-state index contributed by atoms with van der Waals surface area (Å²) in [6.07, 6.45) is 1.69. The number of aliphatic hydroxyl groups excluding tert-OH is 1. The van der Waals surface area contributed by atoms with Gasteiger partial charge in [-0.05, 0) is 47.1 Å². The molecule has 0 aliphatic carbocycles. The van der Waals surface area contributed by atoms with Gasteiger partial charge in [0.05, 0.1) is 140 Å². The number of hydrogen-bond acceptors (Lipinski definition) is 15. The Hall–Kier alpha value is -1.67. The highest BCUT2D eigenvalue weighted by Gasteiger charge is 2.08. The smallest absolute Gasteiger partial charge is 0.230 e. The second-order valence-corrected chi connectivity index (χ2v) is 11.2. The third-order valence-corrected chi connectivity index (χ3v) is 6.80. The van der Waals surface area contributed by atoms with Gasteiger partial charge in [0.2, 0.25) is 5.13 Å². The molecule has 2 aromatic rings. The highest BCUT2D eigenvalue weighted by Crippen LogP contribution is 2.28. The quantitative estimate of drug-likeness (QED) is 0.0677. The average Bonchev–Trinajstić information content (AvgIpc) is 3.48. The molecule has 1 aromatic heterocycles. The maximum absolute atomic E-state index is 8.66. The molecule has 0 bridgehead atoms. The van der Waals surface area contributed by atoms with Crippen LogP contribution < -0.4 is 5.06 Å². The minimum absolute atomic E-state index is 0.0109. The molecule has 0 atom stereocenters. The lowest BCUT2D eigenvalue weighted by molar-refractivity contribution is -0.0171. The Morgan fingerprint density at radius 1 is 0.667 bits per heavy atom. The molecule has 2 rings (SSSR count). The van der Waals surface area contributed by atoms with Crippen LogP contribution in [0.1, 0.15) is 6.92 Å². The van der Waals surface area contributed by atoms with E-state index in [-0.39, 0.29) is 6.61 Å². The van der Waals surface area contributed by atoms with Crippen LogP contribution in [-0.4, -0.2) is 136 Å². The Labute approximate surface area is 277 Å². The zero-order valence-electron chi connectivity index (χ0n) is 26.0. The third-order valence-electron chi connectivity index (χ3n) is 5.44. The molecule has 45 heavy (non-hydrogen) atoms. The summed E-state index contributed by atoms with van der Waals surface area (Å²) < 4.78 is 44.5. The number of azo groups is 1. The molecule has 1 N–H and O–H groups in total. The molecule has 0 aliphatic heterocycles. The summed E-state index contributed by atoms with van der Waals surface area (Å²) >= 11 is 4.78. The lowest BCUT2D eigenvalue weighted by Gasteiger charge is -2.24. The molecule has 0 radical (unpaired) electrons. The number of rotatable bonds is 31. The van der Waals surface area contributed by atoms with E-state index in [1.54, 1.807) is 11.3 Å². The zero-order valence-corrected chi connectivity index (χ0v) is 28.4. The second kappa shape index (κ2) is 28.5. The first kappa shape index (κ1) is 39.5. The van der Waals surface area contributed by atoms with Crippen molar-refractivity contribution in [3.63, 3.8) is 0 Å². The third kappa shape index (κ3) is 21.7. The SMILES string of the molecule is CCOCCOCCOCCOCCON(CCOCCOCCOCCOCCO)c1ccc(N=Nc2ncc(Br)s2)cc1. The van der Waals surface area contributed by atoms with Crippen molar-refractivity contribution in [1.29, 1.82) is 0 Å². The van der Waals surface area contributed by atoms with Gasteiger partial charge >= 0.3 is 0 Å². The lowest BCUT2D eigenvalue weighted by Crippen LogP contribution is -2.30. The van der Waals surface area contributed by atoms with Crippen LogP contribution in [0.15, 0.2) is 44.5 Å². The summed E-state index contributed by atoms with van der Waals surface area (Å²) in [7, 11) is 0. The number of halogens is 1. The van der Waals surface area contributed by atoms with E-state index < -0.39 is 0 Å². The largest absolute Gasteiger partial charge is 0.394 e. The van der Waals surface area contributed by atoms with Crippen LogP contribution in [0.4, 0.5) is 16.5 Å². The van der Waals surface area contributed by atoms with Crippen LogP contribution in [0.5, 0.6) is 0 Å². The summed E-state index contributed by atoms with van der Waals surface area (Å²) in [5.74, 6) is 0. The van der Waals surface area contributed by atoms with Crippen molar-refractivity contribution in [2.24, 2.45) is 10.2 Å². The van der Waals surface area contributed by atoms with Crippen molar-refractivity contribution in [3.05, 3.63) is 34.2 Å². The summed E-state index contributed by atoms with van der Waals surface area (Å²) in [5, 5.41) is 19.4. The Kier molecular flexibility index (Phi) is 25.1. The summed E-state index contributed by atoms with van der Waals surface area (Å²) in [4.78, 5) is 10.2. The van der Waals surface area contributed by atoms with Gasteiger partial charge < -0.3 is 43.0 Å². The first-order valence-corrected chi connectivity index (χ1v) is 16.6. The lowest BCUT2D eigenvalue weighted by atomic mass is 10.3. The van der Waals surface area contributed by atoms with Gasteiger partial charge in [0, 0.05) is 6.61 Å². The molecule has 14 nitrogen and oxygen atoms in total. The van der Waals surface area contributed by atoms with Crippen molar-refractivity contribution in [2.75, 3.05) is 131 Å². The molecule has 0 saturated heterocycles. The Bertz CT molecular complexity index is 947. The zero-order chi connectivity index (χ0) is 32.0. The molecule has 1 aromatic carbocycles. The van der Waals surface area contributed by atoms with Crippen molar-refractivity contribution in [2.45, 2.75) is 6.92 Å². The molecule has 0 amide bonds. The maximum atomic E-state index is 8.66. The summed E-state index contributed by atoms with van der Waals surface area (Å²) in [6.45, 7) is 10.6. The van der Waals surface area contributed by atoms with E-state index >= 15 is 0 Å². The van der Waals surface area contributed by atoms with Gasteiger partial charge in [-0.1, -0.05) is 11.3 Å². The van der Waals surface area contributed by atoms with Crippen LogP contribution in [0.25, 0.3) is 0 Å². The molecule has 256 valence electrons. The van der Waals surface area contributed by atoms with Gasteiger partial charge in [-0.25, -0.2) is 4.98 Å². The molecule has 0 spiro atoms. The van der Waals surface area contributed by atoms with Crippen LogP contribution in [0, 0.1) is 0 Å². The number of anilines is 1. The molecular weight excluding hydrogens is 676 g/mol. The van der Waals surface area contributed by atoms with Crippen molar-refractivity contribution in [3.8, 4) is 0 Å².